The molecule has 156 valence electrons. The third-order valence-electron chi connectivity index (χ3n) is 5.58. The van der Waals surface area contributed by atoms with Gasteiger partial charge in [-0.1, -0.05) is 30.8 Å². The topological polar surface area (TPSA) is 72.3 Å². The summed E-state index contributed by atoms with van der Waals surface area (Å²) >= 11 is 1.48. The van der Waals surface area contributed by atoms with E-state index in [9.17, 15) is 4.79 Å². The molecule has 1 saturated carbocycles. The van der Waals surface area contributed by atoms with Crippen LogP contribution in [-0.4, -0.2) is 46.6 Å². The third-order valence-corrected chi connectivity index (χ3v) is 6.52. The highest BCUT2D eigenvalue weighted by molar-refractivity contribution is 7.99. The van der Waals surface area contributed by atoms with E-state index < -0.39 is 0 Å². The van der Waals surface area contributed by atoms with Crippen molar-refractivity contribution in [2.75, 3.05) is 30.9 Å². The van der Waals surface area contributed by atoms with Gasteiger partial charge in [0.05, 0.1) is 12.9 Å². The highest BCUT2D eigenvalue weighted by Crippen LogP contribution is 2.41. The average molecular weight is 416 g/mol. The van der Waals surface area contributed by atoms with Gasteiger partial charge in [-0.3, -0.25) is 9.36 Å². The van der Waals surface area contributed by atoms with Gasteiger partial charge in [0.15, 0.2) is 5.16 Å². The number of aromatic nitrogens is 3. The van der Waals surface area contributed by atoms with Crippen molar-refractivity contribution in [3.05, 3.63) is 29.8 Å². The standard InChI is InChI=1S/C21H29N5O2S/c1-15-8-10-25(11-9-15)20-23-24-21(26(20)17-6-7-17)29-14-19(27)22-13-16-4-3-5-18(12-16)28-2/h3-5,12,15,17H,6-11,13-14H2,1-2H3,(H,22,27). The predicted molar refractivity (Wildman–Crippen MR) is 114 cm³/mol. The maximum atomic E-state index is 12.4. The Kier molecular flexibility index (Phi) is 6.28. The first-order valence-corrected chi connectivity index (χ1v) is 11.3. The Balaban J connectivity index is 1.34. The number of carbonyl (C=O) groups is 1. The van der Waals surface area contributed by atoms with E-state index in [1.165, 1.54) is 37.4 Å². The van der Waals surface area contributed by atoms with Crippen molar-refractivity contribution in [3.63, 3.8) is 0 Å². The number of ether oxygens (including phenoxy) is 1. The summed E-state index contributed by atoms with van der Waals surface area (Å²) < 4.78 is 7.49. The summed E-state index contributed by atoms with van der Waals surface area (Å²) in [4.78, 5) is 14.7. The van der Waals surface area contributed by atoms with Gasteiger partial charge >= 0.3 is 0 Å². The number of nitrogens with one attached hydrogen (secondary N) is 1. The molecule has 7 nitrogen and oxygen atoms in total. The van der Waals surface area contributed by atoms with Crippen LogP contribution in [0.3, 0.4) is 0 Å². The first-order valence-electron chi connectivity index (χ1n) is 10.4. The second-order valence-electron chi connectivity index (χ2n) is 7.97. The Bertz CT molecular complexity index is 843. The number of hydrogen-bond acceptors (Lipinski definition) is 6. The van der Waals surface area contributed by atoms with E-state index in [-0.39, 0.29) is 5.91 Å². The lowest BCUT2D eigenvalue weighted by Gasteiger charge is -2.31. The Hall–Kier alpha value is -2.22. The van der Waals surface area contributed by atoms with E-state index >= 15 is 0 Å². The van der Waals surface area contributed by atoms with Crippen molar-refractivity contribution in [2.45, 2.75) is 50.4 Å². The molecule has 1 aliphatic carbocycles. The maximum Gasteiger partial charge on any atom is 0.230 e. The molecule has 0 unspecified atom stereocenters. The maximum absolute atomic E-state index is 12.4. The van der Waals surface area contributed by atoms with Gasteiger partial charge in [-0.25, -0.2) is 0 Å². The zero-order valence-electron chi connectivity index (χ0n) is 17.1. The first kappa shape index (κ1) is 20.1. The minimum absolute atomic E-state index is 0.00323. The lowest BCUT2D eigenvalue weighted by Crippen LogP contribution is -2.34. The van der Waals surface area contributed by atoms with Crippen LogP contribution in [0.25, 0.3) is 0 Å². The molecule has 0 spiro atoms. The van der Waals surface area contributed by atoms with Crippen LogP contribution >= 0.6 is 11.8 Å². The number of amides is 1. The van der Waals surface area contributed by atoms with Crippen LogP contribution < -0.4 is 15.0 Å². The fraction of sp³-hybridized carbons (Fsp3) is 0.571. The molecule has 8 heteroatoms. The minimum atomic E-state index is -0.00323. The molecule has 0 bridgehead atoms. The molecule has 0 atom stereocenters. The van der Waals surface area contributed by atoms with Crippen LogP contribution in [0.1, 0.15) is 44.2 Å². The first-order chi connectivity index (χ1) is 14.1. The number of benzene rings is 1. The van der Waals surface area contributed by atoms with Gasteiger partial charge in [0.2, 0.25) is 11.9 Å². The molecule has 2 fully saturated rings. The summed E-state index contributed by atoms with van der Waals surface area (Å²) in [6.45, 7) is 4.88. The van der Waals surface area contributed by atoms with Crippen LogP contribution in [0.4, 0.5) is 5.95 Å². The number of methoxy groups -OCH3 is 1. The third kappa shape index (κ3) is 5.04. The second kappa shape index (κ2) is 9.07. The van der Waals surface area contributed by atoms with Gasteiger partial charge in [-0.2, -0.15) is 0 Å². The largest absolute Gasteiger partial charge is 0.497 e. The van der Waals surface area contributed by atoms with Gasteiger partial charge in [0.1, 0.15) is 5.75 Å². The summed E-state index contributed by atoms with van der Waals surface area (Å²) in [6, 6.07) is 8.22. The Labute approximate surface area is 176 Å². The number of anilines is 1. The molecule has 0 radical (unpaired) electrons. The molecule has 2 aromatic rings. The normalized spacial score (nSPS) is 17.4. The van der Waals surface area contributed by atoms with Gasteiger partial charge in [-0.15, -0.1) is 10.2 Å². The van der Waals surface area contributed by atoms with E-state index in [1.807, 2.05) is 24.3 Å². The lowest BCUT2D eigenvalue weighted by molar-refractivity contribution is -0.118. The summed E-state index contributed by atoms with van der Waals surface area (Å²) in [5, 5.41) is 12.7. The Morgan fingerprint density at radius 2 is 2.03 bits per heavy atom. The quantitative estimate of drug-likeness (QED) is 0.667. The minimum Gasteiger partial charge on any atom is -0.497 e. The molecule has 1 aromatic carbocycles. The summed E-state index contributed by atoms with van der Waals surface area (Å²) in [5.74, 6) is 2.90. The fourth-order valence-corrected chi connectivity index (χ4v) is 4.44. The summed E-state index contributed by atoms with van der Waals surface area (Å²) in [6.07, 6.45) is 4.75. The molecule has 4 rings (SSSR count). The number of rotatable bonds is 8. The zero-order chi connectivity index (χ0) is 20.2. The molecule has 29 heavy (non-hydrogen) atoms. The van der Waals surface area contributed by atoms with Gasteiger partial charge in [0.25, 0.3) is 0 Å². The van der Waals surface area contributed by atoms with E-state index in [0.29, 0.717) is 18.3 Å². The number of nitrogens with zero attached hydrogens (tertiary/aromatic N) is 4. The molecular weight excluding hydrogens is 386 g/mol. The van der Waals surface area contributed by atoms with Crippen molar-refractivity contribution in [1.82, 2.24) is 20.1 Å². The van der Waals surface area contributed by atoms with Gasteiger partial charge in [0, 0.05) is 25.7 Å². The van der Waals surface area contributed by atoms with Crippen LogP contribution in [0.15, 0.2) is 29.4 Å². The molecule has 1 aromatic heterocycles. The van der Waals surface area contributed by atoms with Crippen molar-refractivity contribution in [2.24, 2.45) is 5.92 Å². The lowest BCUT2D eigenvalue weighted by atomic mass is 10.00. The molecular formula is C21H29N5O2S. The van der Waals surface area contributed by atoms with Crippen molar-refractivity contribution < 1.29 is 9.53 Å². The fourth-order valence-electron chi connectivity index (χ4n) is 3.61. The van der Waals surface area contributed by atoms with Crippen molar-refractivity contribution in [3.8, 4) is 5.75 Å². The molecule has 2 heterocycles. The second-order valence-corrected chi connectivity index (χ2v) is 8.91. The molecule has 2 aliphatic rings. The number of thioether (sulfide) groups is 1. The van der Waals surface area contributed by atoms with E-state index in [0.717, 1.165) is 41.4 Å². The van der Waals surface area contributed by atoms with Gasteiger partial charge in [-0.05, 0) is 49.3 Å². The SMILES string of the molecule is COc1cccc(CNC(=O)CSc2nnc(N3CCC(C)CC3)n2C2CC2)c1. The summed E-state index contributed by atoms with van der Waals surface area (Å²) in [5.41, 5.74) is 1.02. The van der Waals surface area contributed by atoms with E-state index in [2.05, 4.69) is 31.9 Å². The molecule has 1 aliphatic heterocycles. The van der Waals surface area contributed by atoms with Crippen molar-refractivity contribution in [1.29, 1.82) is 0 Å². The number of carbonyl (C=O) groups excluding carboxylic acids is 1. The predicted octanol–water partition coefficient (Wildman–Crippen LogP) is 3.27. The van der Waals surface area contributed by atoms with Crippen LogP contribution in [0.5, 0.6) is 5.75 Å². The van der Waals surface area contributed by atoms with Crippen LogP contribution in [-0.2, 0) is 11.3 Å². The highest BCUT2D eigenvalue weighted by atomic mass is 32.2. The van der Waals surface area contributed by atoms with Crippen LogP contribution in [0, 0.1) is 5.92 Å². The zero-order valence-corrected chi connectivity index (χ0v) is 18.0. The monoisotopic (exact) mass is 415 g/mol. The van der Waals surface area contributed by atoms with Crippen LogP contribution in [0.2, 0.25) is 0 Å². The summed E-state index contributed by atoms with van der Waals surface area (Å²) in [7, 11) is 1.64. The van der Waals surface area contributed by atoms with Crippen molar-refractivity contribution >= 4 is 23.6 Å². The highest BCUT2D eigenvalue weighted by Gasteiger charge is 2.32. The van der Waals surface area contributed by atoms with E-state index in [1.54, 1.807) is 7.11 Å². The van der Waals surface area contributed by atoms with E-state index in [4.69, 9.17) is 4.74 Å². The Morgan fingerprint density at radius 3 is 2.76 bits per heavy atom. The average Bonchev–Trinajstić information content (AvgIpc) is 3.50. The molecule has 1 N–H and O–H groups in total. The smallest absolute Gasteiger partial charge is 0.230 e. The Morgan fingerprint density at radius 1 is 1.24 bits per heavy atom. The number of hydrogen-bond donors (Lipinski definition) is 1. The number of piperidine rings is 1. The molecule has 1 saturated heterocycles. The molecule has 1 amide bonds. The van der Waals surface area contributed by atoms with Gasteiger partial charge < -0.3 is 15.0 Å².